The lowest BCUT2D eigenvalue weighted by molar-refractivity contribution is -0.394. The molecular weight excluding hydrogens is 692 g/mol. The van der Waals surface area contributed by atoms with Crippen molar-refractivity contribution in [2.45, 2.75) is 87.5 Å². The predicted octanol–water partition coefficient (Wildman–Crippen LogP) is 5.25. The van der Waals surface area contributed by atoms with Crippen LogP contribution in [0.3, 0.4) is 0 Å². The summed E-state index contributed by atoms with van der Waals surface area (Å²) in [5, 5.41) is 23.9. The van der Waals surface area contributed by atoms with Crippen molar-refractivity contribution in [1.82, 2.24) is 0 Å². The Morgan fingerprint density at radius 2 is 1.17 bits per heavy atom. The van der Waals surface area contributed by atoms with Crippen LogP contribution in [0, 0.1) is 0 Å². The van der Waals surface area contributed by atoms with Gasteiger partial charge in [0, 0.05) is 5.56 Å². The molecule has 54 heavy (non-hydrogen) atoms. The zero-order valence-electron chi connectivity index (χ0n) is 30.0. The molecule has 0 saturated carbocycles. The minimum absolute atomic E-state index is 0.0972. The number of benzene rings is 4. The molecule has 4 aromatic carbocycles. The molecule has 3 aliphatic heterocycles. The highest BCUT2D eigenvalue weighted by molar-refractivity contribution is 5.18. The molecule has 4 aromatic rings. The number of hydrogen-bond acceptors (Lipinski definition) is 11. The van der Waals surface area contributed by atoms with Gasteiger partial charge in [-0.3, -0.25) is 0 Å². The smallest absolute Gasteiger partial charge is 0.187 e. The second-order valence-corrected chi connectivity index (χ2v) is 13.5. The molecule has 3 aliphatic rings. The van der Waals surface area contributed by atoms with Gasteiger partial charge in [-0.25, -0.2) is 0 Å². The number of aliphatic hydroxyl groups excluding tert-OH is 2. The molecule has 2 N–H and O–H groups in total. The van der Waals surface area contributed by atoms with Crippen molar-refractivity contribution in [3.8, 4) is 0 Å². The molecule has 3 saturated heterocycles. The van der Waals surface area contributed by atoms with Crippen LogP contribution in [0.1, 0.15) is 28.5 Å². The van der Waals surface area contributed by atoms with Crippen LogP contribution in [0.25, 0.3) is 0 Å². The quantitative estimate of drug-likeness (QED) is 0.147. The van der Waals surface area contributed by atoms with Crippen molar-refractivity contribution in [2.24, 2.45) is 0 Å². The maximum atomic E-state index is 12.1. The molecule has 0 aromatic heterocycles. The van der Waals surface area contributed by atoms with E-state index in [0.29, 0.717) is 6.61 Å². The van der Waals surface area contributed by atoms with Gasteiger partial charge in [0.2, 0.25) is 0 Å². The monoisotopic (exact) mass is 740 g/mol. The lowest BCUT2D eigenvalue weighted by Gasteiger charge is -2.50. The van der Waals surface area contributed by atoms with Crippen molar-refractivity contribution < 1.29 is 52.8 Å². The fourth-order valence-electron chi connectivity index (χ4n) is 6.89. The Hall–Kier alpha value is -3.82. The van der Waals surface area contributed by atoms with Crippen molar-refractivity contribution in [1.29, 1.82) is 0 Å². The second-order valence-electron chi connectivity index (χ2n) is 13.5. The van der Waals surface area contributed by atoms with Gasteiger partial charge in [0.15, 0.2) is 18.9 Å². The van der Waals surface area contributed by atoms with Gasteiger partial charge in [-0.1, -0.05) is 127 Å². The van der Waals surface area contributed by atoms with Crippen molar-refractivity contribution in [3.63, 3.8) is 0 Å². The van der Waals surface area contributed by atoms with E-state index in [1.54, 1.807) is 6.08 Å². The van der Waals surface area contributed by atoms with E-state index in [2.05, 4.69) is 6.58 Å². The van der Waals surface area contributed by atoms with E-state index in [1.807, 2.05) is 121 Å². The Balaban J connectivity index is 1.17. The molecule has 11 heteroatoms. The maximum absolute atomic E-state index is 12.1. The average Bonchev–Trinajstić information content (AvgIpc) is 3.22. The molecule has 0 bridgehead atoms. The number of ether oxygens (including phenoxy) is 9. The van der Waals surface area contributed by atoms with E-state index in [0.717, 1.165) is 22.3 Å². The molecule has 1 unspecified atom stereocenters. The van der Waals surface area contributed by atoms with Gasteiger partial charge < -0.3 is 52.8 Å². The van der Waals surface area contributed by atoms with Crippen LogP contribution in [0.15, 0.2) is 134 Å². The number of rotatable bonds is 16. The first-order valence-electron chi connectivity index (χ1n) is 18.4. The Labute approximate surface area is 315 Å². The van der Waals surface area contributed by atoms with Gasteiger partial charge in [0.05, 0.1) is 39.6 Å². The molecule has 7 rings (SSSR count). The molecule has 286 valence electrons. The fraction of sp³-hybridized carbons (Fsp3) is 0.395. The number of aliphatic hydroxyl groups is 2. The fourth-order valence-corrected chi connectivity index (χ4v) is 6.89. The van der Waals surface area contributed by atoms with Crippen molar-refractivity contribution in [3.05, 3.63) is 156 Å². The molecule has 11 nitrogen and oxygen atoms in total. The summed E-state index contributed by atoms with van der Waals surface area (Å²) < 4.78 is 56.9. The minimum atomic E-state index is -1.36. The summed E-state index contributed by atoms with van der Waals surface area (Å²) in [6, 6.07) is 38.8. The van der Waals surface area contributed by atoms with Crippen LogP contribution >= 0.6 is 0 Å². The van der Waals surface area contributed by atoms with Gasteiger partial charge in [-0.2, -0.15) is 0 Å². The first-order valence-corrected chi connectivity index (χ1v) is 18.4. The van der Waals surface area contributed by atoms with Crippen LogP contribution < -0.4 is 0 Å². The SMILES string of the molecule is C=CCO[C@H]1O[C@@H]2COC(c3ccccc3)O[C@H]2[C@H](O[C@@H]2O[C@H](COCc3ccccc3)[C@@H](OCc3ccccc3)[C@H](OCc3ccccc3)[C@H]2O)[C@H]1O. The molecule has 3 heterocycles. The molecule has 11 atom stereocenters. The Morgan fingerprint density at radius 1 is 0.611 bits per heavy atom. The summed E-state index contributed by atoms with van der Waals surface area (Å²) in [4.78, 5) is 0. The van der Waals surface area contributed by atoms with E-state index in [-0.39, 0.29) is 33.0 Å². The zero-order valence-corrected chi connectivity index (χ0v) is 30.0. The standard InChI is InChI=1S/C43H48O11/c1-2-23-47-42-36(45)40(38-34(51-42)28-50-41(53-38)32-21-13-6-14-22-32)54-43-35(44)39(49-26-31-19-11-5-12-20-31)37(48-25-30-17-9-4-10-18-30)33(52-43)27-46-24-29-15-7-3-8-16-29/h2-22,33-45H,1,23-28H2/t33-,34-,35-,36-,37-,38-,39-,40-,41?,42+,43+/m1/s1. The van der Waals surface area contributed by atoms with Crippen molar-refractivity contribution >= 4 is 0 Å². The van der Waals surface area contributed by atoms with Crippen LogP contribution in [-0.2, 0) is 62.5 Å². The molecule has 0 amide bonds. The third kappa shape index (κ3) is 9.69. The topological polar surface area (TPSA) is 124 Å². The van der Waals surface area contributed by atoms with Gasteiger partial charge >= 0.3 is 0 Å². The Kier molecular flexibility index (Phi) is 13.6. The molecule has 0 radical (unpaired) electrons. The molecule has 0 spiro atoms. The van der Waals surface area contributed by atoms with E-state index in [9.17, 15) is 10.2 Å². The van der Waals surface area contributed by atoms with E-state index in [4.69, 9.17) is 42.6 Å². The van der Waals surface area contributed by atoms with Crippen LogP contribution in [0.5, 0.6) is 0 Å². The van der Waals surface area contributed by atoms with Gasteiger partial charge in [0.1, 0.15) is 48.8 Å². The largest absolute Gasteiger partial charge is 0.385 e. The van der Waals surface area contributed by atoms with Gasteiger partial charge in [0.25, 0.3) is 0 Å². The summed E-state index contributed by atoms with van der Waals surface area (Å²) in [6.45, 7) is 4.86. The lowest BCUT2D eigenvalue weighted by Crippen LogP contribution is -2.66. The maximum Gasteiger partial charge on any atom is 0.187 e. The highest BCUT2D eigenvalue weighted by Crippen LogP contribution is 2.38. The first-order chi connectivity index (χ1) is 26.6. The van der Waals surface area contributed by atoms with E-state index < -0.39 is 67.7 Å². The number of hydrogen-bond donors (Lipinski definition) is 2. The predicted molar refractivity (Wildman–Crippen MR) is 197 cm³/mol. The second kappa shape index (κ2) is 19.2. The van der Waals surface area contributed by atoms with Gasteiger partial charge in [-0.15, -0.1) is 6.58 Å². The Bertz CT molecular complexity index is 1680. The van der Waals surface area contributed by atoms with Crippen molar-refractivity contribution in [2.75, 3.05) is 19.8 Å². The third-order valence-corrected chi connectivity index (χ3v) is 9.63. The summed E-state index contributed by atoms with van der Waals surface area (Å²) in [5.74, 6) is 0. The van der Waals surface area contributed by atoms with Crippen LogP contribution in [0.2, 0.25) is 0 Å². The van der Waals surface area contributed by atoms with Crippen LogP contribution in [0.4, 0.5) is 0 Å². The van der Waals surface area contributed by atoms with E-state index in [1.165, 1.54) is 0 Å². The summed E-state index contributed by atoms with van der Waals surface area (Å²) in [6.07, 6.45) is -9.25. The van der Waals surface area contributed by atoms with Gasteiger partial charge in [-0.05, 0) is 16.7 Å². The molecule has 0 aliphatic carbocycles. The highest BCUT2D eigenvalue weighted by atomic mass is 16.8. The summed E-state index contributed by atoms with van der Waals surface area (Å²) in [5.41, 5.74) is 3.65. The third-order valence-electron chi connectivity index (χ3n) is 9.63. The Morgan fingerprint density at radius 3 is 1.78 bits per heavy atom. The normalized spacial score (nSPS) is 31.0. The lowest BCUT2D eigenvalue weighted by atomic mass is 9.95. The average molecular weight is 741 g/mol. The minimum Gasteiger partial charge on any atom is -0.385 e. The molecular formula is C43H48O11. The zero-order chi connectivity index (χ0) is 37.1. The van der Waals surface area contributed by atoms with E-state index >= 15 is 0 Å². The summed E-state index contributed by atoms with van der Waals surface area (Å²) in [7, 11) is 0. The number of fused-ring (bicyclic) bond motifs is 1. The molecule has 3 fully saturated rings. The van der Waals surface area contributed by atoms with Crippen LogP contribution in [-0.4, -0.2) is 91.4 Å². The summed E-state index contributed by atoms with van der Waals surface area (Å²) >= 11 is 0. The highest BCUT2D eigenvalue weighted by Gasteiger charge is 2.54. The first kappa shape index (κ1) is 38.5.